The second-order valence-corrected chi connectivity index (χ2v) is 7.52. The Hall–Kier alpha value is -3.85. The van der Waals surface area contributed by atoms with E-state index < -0.39 is 5.91 Å². The summed E-state index contributed by atoms with van der Waals surface area (Å²) in [6.07, 6.45) is 4.38. The molecule has 0 radical (unpaired) electrons. The molecule has 31 heavy (non-hydrogen) atoms. The Labute approximate surface area is 182 Å². The first kappa shape index (κ1) is 21.8. The van der Waals surface area contributed by atoms with E-state index in [-0.39, 0.29) is 5.57 Å². The molecule has 3 aromatic rings. The second kappa shape index (κ2) is 10.3. The van der Waals surface area contributed by atoms with Crippen molar-refractivity contribution in [2.24, 2.45) is 5.92 Å². The highest BCUT2D eigenvalue weighted by Crippen LogP contribution is 2.27. The van der Waals surface area contributed by atoms with Gasteiger partial charge in [0.25, 0.3) is 5.91 Å². The molecule has 0 aliphatic carbocycles. The zero-order chi connectivity index (χ0) is 22.2. The number of carbonyl (C=O) groups excluding carboxylic acids is 1. The molecule has 0 saturated carbocycles. The van der Waals surface area contributed by atoms with Gasteiger partial charge in [0.1, 0.15) is 17.4 Å². The van der Waals surface area contributed by atoms with E-state index in [9.17, 15) is 10.1 Å². The number of nitrogens with zero attached hydrogens (tertiary/aromatic N) is 3. The Bertz CT molecular complexity index is 1090. The van der Waals surface area contributed by atoms with Gasteiger partial charge in [-0.05, 0) is 54.8 Å². The van der Waals surface area contributed by atoms with Crippen molar-refractivity contribution in [2.75, 3.05) is 13.7 Å². The average molecular weight is 415 g/mol. The summed E-state index contributed by atoms with van der Waals surface area (Å²) < 4.78 is 7.55. The van der Waals surface area contributed by atoms with E-state index in [4.69, 9.17) is 9.84 Å². The van der Waals surface area contributed by atoms with Gasteiger partial charge < -0.3 is 10.1 Å². The number of nitriles is 1. The number of aromatic nitrogens is 2. The molecule has 0 fully saturated rings. The summed E-state index contributed by atoms with van der Waals surface area (Å²) in [5.41, 5.74) is 3.12. The van der Waals surface area contributed by atoms with Crippen LogP contribution in [0.15, 0.2) is 66.4 Å². The van der Waals surface area contributed by atoms with Crippen LogP contribution >= 0.6 is 0 Å². The molecule has 0 aliphatic rings. The van der Waals surface area contributed by atoms with Gasteiger partial charge in [0.05, 0.1) is 18.0 Å². The quantitative estimate of drug-likeness (QED) is 0.431. The van der Waals surface area contributed by atoms with Crippen LogP contribution in [0.4, 0.5) is 0 Å². The third kappa shape index (κ3) is 5.61. The number of hydrogen-bond donors (Lipinski definition) is 1. The summed E-state index contributed by atoms with van der Waals surface area (Å²) in [5, 5.41) is 16.6. The van der Waals surface area contributed by atoms with Crippen LogP contribution in [0.3, 0.4) is 0 Å². The second-order valence-electron chi connectivity index (χ2n) is 7.52. The first-order valence-corrected chi connectivity index (χ1v) is 10.2. The van der Waals surface area contributed by atoms with E-state index in [0.29, 0.717) is 23.8 Å². The van der Waals surface area contributed by atoms with Crippen LogP contribution in [0, 0.1) is 17.2 Å². The molecule has 1 aromatic heterocycles. The van der Waals surface area contributed by atoms with Crippen molar-refractivity contribution in [2.45, 2.75) is 20.3 Å². The van der Waals surface area contributed by atoms with Crippen LogP contribution in [0.5, 0.6) is 5.75 Å². The van der Waals surface area contributed by atoms with Gasteiger partial charge in [-0.2, -0.15) is 10.4 Å². The van der Waals surface area contributed by atoms with Gasteiger partial charge in [-0.15, -0.1) is 0 Å². The molecule has 0 bridgehead atoms. The minimum atomic E-state index is -0.435. The van der Waals surface area contributed by atoms with Crippen molar-refractivity contribution >= 4 is 12.0 Å². The number of benzene rings is 2. The van der Waals surface area contributed by atoms with E-state index in [1.165, 1.54) is 7.05 Å². The molecule has 0 spiro atoms. The highest BCUT2D eigenvalue weighted by atomic mass is 16.5. The summed E-state index contributed by atoms with van der Waals surface area (Å²) in [6, 6.07) is 19.3. The van der Waals surface area contributed by atoms with Crippen LogP contribution in [0.25, 0.3) is 23.0 Å². The number of para-hydroxylation sites is 1. The summed E-state index contributed by atoms with van der Waals surface area (Å²) in [4.78, 5) is 12.0. The molecule has 1 amide bonds. The predicted molar refractivity (Wildman–Crippen MR) is 122 cm³/mol. The zero-order valence-corrected chi connectivity index (χ0v) is 18.0. The van der Waals surface area contributed by atoms with Crippen molar-refractivity contribution in [3.05, 3.63) is 71.9 Å². The molecule has 1 heterocycles. The van der Waals surface area contributed by atoms with Crippen molar-refractivity contribution < 1.29 is 9.53 Å². The van der Waals surface area contributed by atoms with Crippen LogP contribution < -0.4 is 10.1 Å². The predicted octanol–water partition coefficient (Wildman–Crippen LogP) is 4.62. The van der Waals surface area contributed by atoms with Gasteiger partial charge in [-0.1, -0.05) is 32.0 Å². The molecule has 0 aliphatic heterocycles. The molecule has 6 heteroatoms. The van der Waals surface area contributed by atoms with Crippen LogP contribution in [-0.4, -0.2) is 29.3 Å². The topological polar surface area (TPSA) is 79.9 Å². The van der Waals surface area contributed by atoms with Crippen molar-refractivity contribution in [1.82, 2.24) is 15.1 Å². The van der Waals surface area contributed by atoms with Gasteiger partial charge in [0.2, 0.25) is 0 Å². The molecule has 0 atom stereocenters. The molecule has 2 aromatic carbocycles. The van der Waals surface area contributed by atoms with Gasteiger partial charge in [0.15, 0.2) is 0 Å². The lowest BCUT2D eigenvalue weighted by molar-refractivity contribution is -0.116. The lowest BCUT2D eigenvalue weighted by Gasteiger charge is -2.08. The molecule has 0 saturated heterocycles. The summed E-state index contributed by atoms with van der Waals surface area (Å²) in [6.45, 7) is 5.00. The van der Waals surface area contributed by atoms with E-state index in [1.54, 1.807) is 10.8 Å². The maximum absolute atomic E-state index is 12.0. The molecular formula is C25H26N4O2. The average Bonchev–Trinajstić information content (AvgIpc) is 3.21. The number of nitrogens with one attached hydrogen (secondary N) is 1. The van der Waals surface area contributed by atoms with E-state index in [1.807, 2.05) is 66.9 Å². The van der Waals surface area contributed by atoms with E-state index in [2.05, 4.69) is 19.2 Å². The number of ether oxygens (including phenoxy) is 1. The Morgan fingerprint density at radius 3 is 2.52 bits per heavy atom. The van der Waals surface area contributed by atoms with Crippen LogP contribution in [-0.2, 0) is 4.79 Å². The fourth-order valence-electron chi connectivity index (χ4n) is 2.99. The van der Waals surface area contributed by atoms with Gasteiger partial charge in [0, 0.05) is 24.4 Å². The standard InChI is InChI=1S/C25H26N4O2/c1-18(2)13-14-31-23-11-9-19(10-12-23)24-21(15-20(16-26)25(30)27-3)17-29(28-24)22-7-5-4-6-8-22/h4-12,15,17-18H,13-14H2,1-3H3,(H,27,30)/b20-15+. The fraction of sp³-hybridized carbons (Fsp3) is 0.240. The highest BCUT2D eigenvalue weighted by molar-refractivity contribution is 6.02. The first-order valence-electron chi connectivity index (χ1n) is 10.2. The van der Waals surface area contributed by atoms with Crippen molar-refractivity contribution in [3.63, 3.8) is 0 Å². The molecule has 6 nitrogen and oxygen atoms in total. The number of hydrogen-bond acceptors (Lipinski definition) is 4. The molecule has 1 N–H and O–H groups in total. The first-order chi connectivity index (χ1) is 15.0. The van der Waals surface area contributed by atoms with Gasteiger partial charge in [-0.25, -0.2) is 4.68 Å². The van der Waals surface area contributed by atoms with Crippen molar-refractivity contribution in [1.29, 1.82) is 5.26 Å². The van der Waals surface area contributed by atoms with Crippen molar-refractivity contribution in [3.8, 4) is 28.8 Å². The zero-order valence-electron chi connectivity index (χ0n) is 18.0. The maximum Gasteiger partial charge on any atom is 0.261 e. The lowest BCUT2D eigenvalue weighted by Crippen LogP contribution is -2.19. The largest absolute Gasteiger partial charge is 0.494 e. The SMILES string of the molecule is CNC(=O)/C(C#N)=C/c1cn(-c2ccccc2)nc1-c1ccc(OCCC(C)C)cc1. The summed E-state index contributed by atoms with van der Waals surface area (Å²) in [5.74, 6) is 0.951. The number of likely N-dealkylation sites (N-methyl/N-ethyl adjacent to an activating group) is 1. The Morgan fingerprint density at radius 2 is 1.90 bits per heavy atom. The molecular weight excluding hydrogens is 388 g/mol. The maximum atomic E-state index is 12.0. The molecule has 0 unspecified atom stereocenters. The van der Waals surface area contributed by atoms with E-state index >= 15 is 0 Å². The normalized spacial score (nSPS) is 11.3. The third-order valence-corrected chi connectivity index (χ3v) is 4.75. The highest BCUT2D eigenvalue weighted by Gasteiger charge is 2.14. The fourth-order valence-corrected chi connectivity index (χ4v) is 2.99. The number of carbonyl (C=O) groups is 1. The molecule has 158 valence electrons. The minimum absolute atomic E-state index is 0.0185. The monoisotopic (exact) mass is 414 g/mol. The lowest BCUT2D eigenvalue weighted by atomic mass is 10.1. The number of amides is 1. The Balaban J connectivity index is 1.98. The minimum Gasteiger partial charge on any atom is -0.494 e. The van der Waals surface area contributed by atoms with E-state index in [0.717, 1.165) is 23.4 Å². The van der Waals surface area contributed by atoms with Crippen LogP contribution in [0.2, 0.25) is 0 Å². The Kier molecular flexibility index (Phi) is 7.23. The van der Waals surface area contributed by atoms with Gasteiger partial charge >= 0.3 is 0 Å². The Morgan fingerprint density at radius 1 is 1.19 bits per heavy atom. The van der Waals surface area contributed by atoms with Gasteiger partial charge in [-0.3, -0.25) is 4.79 Å². The summed E-state index contributed by atoms with van der Waals surface area (Å²) >= 11 is 0. The van der Waals surface area contributed by atoms with Crippen LogP contribution in [0.1, 0.15) is 25.8 Å². The molecule has 3 rings (SSSR count). The summed E-state index contributed by atoms with van der Waals surface area (Å²) in [7, 11) is 1.50. The third-order valence-electron chi connectivity index (χ3n) is 4.75. The smallest absolute Gasteiger partial charge is 0.261 e. The number of rotatable bonds is 8.